The van der Waals surface area contributed by atoms with E-state index in [-0.39, 0.29) is 18.3 Å². The molecule has 3 aromatic rings. The van der Waals surface area contributed by atoms with Crippen LogP contribution in [0.5, 0.6) is 5.75 Å². The zero-order chi connectivity index (χ0) is 22.2. The summed E-state index contributed by atoms with van der Waals surface area (Å²) >= 11 is 2.71. The second kappa shape index (κ2) is 11.1. The Morgan fingerprint density at radius 3 is 2.87 bits per heavy atom. The van der Waals surface area contributed by atoms with Crippen molar-refractivity contribution in [1.82, 2.24) is 25.0 Å². The van der Waals surface area contributed by atoms with Gasteiger partial charge in [0.2, 0.25) is 11.0 Å². The highest BCUT2D eigenvalue weighted by atomic mass is 32.2. The molecule has 1 N–H and O–H groups in total. The molecule has 0 aliphatic rings. The van der Waals surface area contributed by atoms with E-state index >= 15 is 0 Å². The smallest absolute Gasteiger partial charge is 0.236 e. The first-order chi connectivity index (χ1) is 15.0. The number of thioether (sulfide) groups is 1. The molecule has 0 aliphatic carbocycles. The van der Waals surface area contributed by atoms with Gasteiger partial charge in [0.25, 0.3) is 0 Å². The Kier molecular flexibility index (Phi) is 8.19. The van der Waals surface area contributed by atoms with E-state index in [1.165, 1.54) is 28.7 Å². The van der Waals surface area contributed by atoms with Gasteiger partial charge in [0, 0.05) is 13.0 Å². The SMILES string of the molecule is C=CCn1c(COc2ccc(C)cc2C)nnc1SCC(=O)Nc1nnc(CCC)s1. The molecule has 0 saturated carbocycles. The van der Waals surface area contributed by atoms with Crippen molar-refractivity contribution in [2.24, 2.45) is 0 Å². The third-order valence-corrected chi connectivity index (χ3v) is 6.17. The van der Waals surface area contributed by atoms with Gasteiger partial charge in [-0.05, 0) is 31.9 Å². The first-order valence-corrected chi connectivity index (χ1v) is 11.8. The molecule has 0 spiro atoms. The third kappa shape index (κ3) is 6.38. The Balaban J connectivity index is 1.59. The fraction of sp³-hybridized carbons (Fsp3) is 0.381. The lowest BCUT2D eigenvalue weighted by molar-refractivity contribution is -0.113. The summed E-state index contributed by atoms with van der Waals surface area (Å²) < 4.78 is 7.85. The topological polar surface area (TPSA) is 94.8 Å². The van der Waals surface area contributed by atoms with Gasteiger partial charge in [-0.3, -0.25) is 14.7 Å². The van der Waals surface area contributed by atoms with Gasteiger partial charge in [-0.15, -0.1) is 27.0 Å². The number of ether oxygens (including phenoxy) is 1. The molecule has 3 rings (SSSR count). The number of allylic oxidation sites excluding steroid dienone is 1. The predicted molar refractivity (Wildman–Crippen MR) is 124 cm³/mol. The standard InChI is InChI=1S/C21H26N6O2S2/c1-5-7-19-24-25-20(31-19)22-18(28)13-30-21-26-23-17(27(21)10-6-2)12-29-16-9-8-14(3)11-15(16)4/h6,8-9,11H,2,5,7,10,12-13H2,1,3-4H3,(H,22,25,28). The van der Waals surface area contributed by atoms with Gasteiger partial charge in [0.05, 0.1) is 5.75 Å². The van der Waals surface area contributed by atoms with E-state index in [0.29, 0.717) is 22.7 Å². The molecular formula is C21H26N6O2S2. The van der Waals surface area contributed by atoms with Crippen LogP contribution in [0, 0.1) is 13.8 Å². The fourth-order valence-corrected chi connectivity index (χ4v) is 4.48. The zero-order valence-corrected chi connectivity index (χ0v) is 19.6. The van der Waals surface area contributed by atoms with Crippen molar-refractivity contribution in [2.45, 2.75) is 51.9 Å². The Labute approximate surface area is 190 Å². The van der Waals surface area contributed by atoms with Crippen molar-refractivity contribution in [2.75, 3.05) is 11.1 Å². The lowest BCUT2D eigenvalue weighted by Crippen LogP contribution is -2.15. The summed E-state index contributed by atoms with van der Waals surface area (Å²) in [6.45, 7) is 10.8. The van der Waals surface area contributed by atoms with Crippen LogP contribution in [0.2, 0.25) is 0 Å². The second-order valence-electron chi connectivity index (χ2n) is 6.94. The van der Waals surface area contributed by atoms with E-state index in [1.54, 1.807) is 6.08 Å². The summed E-state index contributed by atoms with van der Waals surface area (Å²) in [7, 11) is 0. The molecular weight excluding hydrogens is 432 g/mol. The van der Waals surface area contributed by atoms with Crippen LogP contribution in [0.3, 0.4) is 0 Å². The van der Waals surface area contributed by atoms with Crippen molar-refractivity contribution in [1.29, 1.82) is 0 Å². The number of hydrogen-bond acceptors (Lipinski definition) is 8. The largest absolute Gasteiger partial charge is 0.485 e. The van der Waals surface area contributed by atoms with Crippen LogP contribution >= 0.6 is 23.1 Å². The van der Waals surface area contributed by atoms with Crippen LogP contribution in [0.25, 0.3) is 0 Å². The van der Waals surface area contributed by atoms with Crippen LogP contribution in [0.15, 0.2) is 36.0 Å². The van der Waals surface area contributed by atoms with Crippen LogP contribution in [-0.4, -0.2) is 36.6 Å². The molecule has 2 aromatic heterocycles. The number of nitrogens with zero attached hydrogens (tertiary/aromatic N) is 5. The fourth-order valence-electron chi connectivity index (χ4n) is 2.85. The lowest BCUT2D eigenvalue weighted by Gasteiger charge is -2.11. The summed E-state index contributed by atoms with van der Waals surface area (Å²) in [5.41, 5.74) is 2.26. The van der Waals surface area contributed by atoms with Gasteiger partial charge in [0.15, 0.2) is 11.0 Å². The minimum absolute atomic E-state index is 0.162. The van der Waals surface area contributed by atoms with Crippen molar-refractivity contribution in [3.63, 3.8) is 0 Å². The van der Waals surface area contributed by atoms with E-state index in [0.717, 1.165) is 29.2 Å². The molecule has 2 heterocycles. The highest BCUT2D eigenvalue weighted by Crippen LogP contribution is 2.22. The minimum Gasteiger partial charge on any atom is -0.485 e. The molecule has 0 unspecified atom stereocenters. The van der Waals surface area contributed by atoms with E-state index in [4.69, 9.17) is 4.74 Å². The van der Waals surface area contributed by atoms with Crippen molar-refractivity contribution in [3.05, 3.63) is 52.8 Å². The number of hydrogen-bond donors (Lipinski definition) is 1. The third-order valence-electron chi connectivity index (χ3n) is 4.30. The van der Waals surface area contributed by atoms with Gasteiger partial charge in [-0.2, -0.15) is 0 Å². The minimum atomic E-state index is -0.162. The Bertz CT molecular complexity index is 1050. The number of carbonyl (C=O) groups excluding carboxylic acids is 1. The highest BCUT2D eigenvalue weighted by molar-refractivity contribution is 7.99. The van der Waals surface area contributed by atoms with Gasteiger partial charge in [-0.25, -0.2) is 0 Å². The lowest BCUT2D eigenvalue weighted by atomic mass is 10.1. The van der Waals surface area contributed by atoms with Crippen molar-refractivity contribution >= 4 is 34.1 Å². The molecule has 31 heavy (non-hydrogen) atoms. The molecule has 0 atom stereocenters. The molecule has 1 aromatic carbocycles. The first-order valence-electron chi connectivity index (χ1n) is 9.98. The molecule has 0 radical (unpaired) electrons. The van der Waals surface area contributed by atoms with Gasteiger partial charge in [0.1, 0.15) is 17.4 Å². The molecule has 164 valence electrons. The van der Waals surface area contributed by atoms with Crippen LogP contribution in [0.4, 0.5) is 5.13 Å². The first kappa shape index (κ1) is 23.0. The van der Waals surface area contributed by atoms with Gasteiger partial charge < -0.3 is 4.74 Å². The van der Waals surface area contributed by atoms with E-state index in [1.807, 2.05) is 30.5 Å². The molecule has 1 amide bonds. The maximum absolute atomic E-state index is 12.3. The Morgan fingerprint density at radius 2 is 2.13 bits per heavy atom. The van der Waals surface area contributed by atoms with Crippen LogP contribution in [-0.2, 0) is 24.4 Å². The van der Waals surface area contributed by atoms with Crippen LogP contribution < -0.4 is 10.1 Å². The Morgan fingerprint density at radius 1 is 1.29 bits per heavy atom. The van der Waals surface area contributed by atoms with Crippen molar-refractivity contribution in [3.8, 4) is 5.75 Å². The molecule has 0 saturated heterocycles. The number of benzene rings is 1. The monoisotopic (exact) mass is 458 g/mol. The van der Waals surface area contributed by atoms with E-state index in [9.17, 15) is 4.79 Å². The summed E-state index contributed by atoms with van der Waals surface area (Å²) in [6, 6.07) is 6.05. The summed E-state index contributed by atoms with van der Waals surface area (Å²) in [6.07, 6.45) is 3.62. The Hall–Kier alpha value is -2.72. The number of aromatic nitrogens is 5. The van der Waals surface area contributed by atoms with Gasteiger partial charge in [-0.1, -0.05) is 53.8 Å². The number of rotatable bonds is 11. The average molecular weight is 459 g/mol. The van der Waals surface area contributed by atoms with E-state index < -0.39 is 0 Å². The van der Waals surface area contributed by atoms with E-state index in [2.05, 4.69) is 45.3 Å². The summed E-state index contributed by atoms with van der Waals surface area (Å²) in [5.74, 6) is 1.52. The predicted octanol–water partition coefficient (Wildman–Crippen LogP) is 4.19. The molecule has 0 fully saturated rings. The summed E-state index contributed by atoms with van der Waals surface area (Å²) in [4.78, 5) is 12.3. The normalized spacial score (nSPS) is 10.8. The quantitative estimate of drug-likeness (QED) is 0.340. The van der Waals surface area contributed by atoms with Gasteiger partial charge >= 0.3 is 0 Å². The summed E-state index contributed by atoms with van der Waals surface area (Å²) in [5, 5.41) is 21.4. The highest BCUT2D eigenvalue weighted by Gasteiger charge is 2.15. The van der Waals surface area contributed by atoms with Crippen LogP contribution in [0.1, 0.15) is 35.3 Å². The number of nitrogens with one attached hydrogen (secondary N) is 1. The molecule has 0 bridgehead atoms. The number of carbonyl (C=O) groups is 1. The maximum Gasteiger partial charge on any atom is 0.236 e. The number of anilines is 1. The second-order valence-corrected chi connectivity index (χ2v) is 8.95. The average Bonchev–Trinajstić information content (AvgIpc) is 3.33. The zero-order valence-electron chi connectivity index (χ0n) is 17.9. The molecule has 8 nitrogen and oxygen atoms in total. The molecule has 10 heteroatoms. The molecule has 0 aliphatic heterocycles. The maximum atomic E-state index is 12.3. The number of amides is 1. The number of aryl methyl sites for hydroxylation is 3. The van der Waals surface area contributed by atoms with Crippen molar-refractivity contribution < 1.29 is 9.53 Å².